The van der Waals surface area contributed by atoms with Crippen LogP contribution in [0.3, 0.4) is 0 Å². The topological polar surface area (TPSA) is 54.9 Å². The van der Waals surface area contributed by atoms with Gasteiger partial charge >= 0.3 is 0 Å². The van der Waals surface area contributed by atoms with Gasteiger partial charge in [0.05, 0.1) is 11.3 Å². The molecule has 0 radical (unpaired) electrons. The largest absolute Gasteiger partial charge is 0.322 e. The molecule has 1 heterocycles. The number of anilines is 1. The van der Waals surface area contributed by atoms with E-state index in [1.807, 2.05) is 0 Å². The average Bonchev–Trinajstić information content (AvgIpc) is 2.27. The smallest absolute Gasteiger partial charge is 0.259 e. The Morgan fingerprint density at radius 1 is 1.22 bits per heavy atom. The minimum atomic E-state index is -0.300. The molecule has 1 N–H and O–H groups in total. The maximum atomic E-state index is 12.0. The number of aromatic nitrogens is 2. The van der Waals surface area contributed by atoms with Crippen LogP contribution in [0.2, 0.25) is 10.0 Å². The van der Waals surface area contributed by atoms with Crippen molar-refractivity contribution < 1.29 is 4.79 Å². The van der Waals surface area contributed by atoms with Crippen molar-refractivity contribution in [2.24, 2.45) is 0 Å². The fourth-order valence-corrected chi connectivity index (χ4v) is 1.96. The summed E-state index contributed by atoms with van der Waals surface area (Å²) in [6.07, 6.45) is 2.85. The van der Waals surface area contributed by atoms with Crippen LogP contribution in [0.5, 0.6) is 0 Å². The fourth-order valence-electron chi connectivity index (χ4n) is 1.44. The van der Waals surface area contributed by atoms with Crippen LogP contribution in [0.15, 0.2) is 30.7 Å². The number of halogens is 2. The average molecular weight is 282 g/mol. The van der Waals surface area contributed by atoms with Crippen molar-refractivity contribution in [3.8, 4) is 0 Å². The van der Waals surface area contributed by atoms with Gasteiger partial charge < -0.3 is 5.32 Å². The zero-order valence-electron chi connectivity index (χ0n) is 9.45. The second kappa shape index (κ2) is 5.33. The molecular weight excluding hydrogens is 273 g/mol. The van der Waals surface area contributed by atoms with Crippen LogP contribution in [0, 0.1) is 6.92 Å². The summed E-state index contributed by atoms with van der Waals surface area (Å²) in [5.41, 5.74) is 1.55. The summed E-state index contributed by atoms with van der Waals surface area (Å²) in [5.74, 6) is -0.300. The van der Waals surface area contributed by atoms with Gasteiger partial charge in [-0.2, -0.15) is 0 Å². The first-order chi connectivity index (χ1) is 8.56. The Balaban J connectivity index is 2.24. The fraction of sp³-hybridized carbons (Fsp3) is 0.0833. The van der Waals surface area contributed by atoms with E-state index in [4.69, 9.17) is 23.2 Å². The molecule has 0 saturated carbocycles. The van der Waals surface area contributed by atoms with Gasteiger partial charge in [0.15, 0.2) is 0 Å². The van der Waals surface area contributed by atoms with E-state index in [0.717, 1.165) is 0 Å². The Bertz CT molecular complexity index is 581. The van der Waals surface area contributed by atoms with Crippen molar-refractivity contribution in [2.75, 3.05) is 5.32 Å². The number of amides is 1. The van der Waals surface area contributed by atoms with Gasteiger partial charge in [-0.15, -0.1) is 0 Å². The lowest BCUT2D eigenvalue weighted by Crippen LogP contribution is -2.14. The van der Waals surface area contributed by atoms with E-state index in [9.17, 15) is 4.79 Å². The summed E-state index contributed by atoms with van der Waals surface area (Å²) in [6, 6.07) is 4.82. The number of hydrogen-bond acceptors (Lipinski definition) is 3. The Hall–Kier alpha value is -1.65. The molecule has 0 bridgehead atoms. The van der Waals surface area contributed by atoms with E-state index >= 15 is 0 Å². The molecule has 92 valence electrons. The van der Waals surface area contributed by atoms with Gasteiger partial charge in [-0.1, -0.05) is 23.2 Å². The maximum absolute atomic E-state index is 12.0. The van der Waals surface area contributed by atoms with E-state index in [0.29, 0.717) is 27.0 Å². The molecule has 2 aromatic rings. The van der Waals surface area contributed by atoms with Crippen LogP contribution in [-0.2, 0) is 0 Å². The number of nitrogens with one attached hydrogen (secondary N) is 1. The van der Waals surface area contributed by atoms with E-state index in [1.54, 1.807) is 25.1 Å². The van der Waals surface area contributed by atoms with E-state index in [1.165, 1.54) is 12.5 Å². The van der Waals surface area contributed by atoms with Crippen LogP contribution in [0.4, 0.5) is 5.69 Å². The summed E-state index contributed by atoms with van der Waals surface area (Å²) in [6.45, 7) is 1.74. The van der Waals surface area contributed by atoms with Gasteiger partial charge in [0, 0.05) is 21.9 Å². The molecule has 6 heteroatoms. The molecule has 0 atom stereocenters. The first kappa shape index (κ1) is 12.8. The van der Waals surface area contributed by atoms with Gasteiger partial charge in [-0.25, -0.2) is 9.97 Å². The van der Waals surface area contributed by atoms with E-state index in [2.05, 4.69) is 15.3 Å². The van der Waals surface area contributed by atoms with Crippen molar-refractivity contribution in [3.05, 3.63) is 52.0 Å². The standard InChI is InChI=1S/C12H9Cl2N3O/c1-7-11(5-15-6-16-7)12(18)17-10-3-8(13)2-9(14)4-10/h2-6H,1H3,(H,17,18). The molecule has 4 nitrogen and oxygen atoms in total. The van der Waals surface area contributed by atoms with Gasteiger partial charge in [-0.05, 0) is 25.1 Å². The molecule has 1 aromatic heterocycles. The highest BCUT2D eigenvalue weighted by atomic mass is 35.5. The number of carbonyl (C=O) groups excluding carboxylic acids is 1. The molecule has 0 saturated heterocycles. The summed E-state index contributed by atoms with van der Waals surface area (Å²) >= 11 is 11.7. The third kappa shape index (κ3) is 2.97. The zero-order valence-corrected chi connectivity index (χ0v) is 11.0. The SMILES string of the molecule is Cc1ncncc1C(=O)Nc1cc(Cl)cc(Cl)c1. The Labute approximate surface area is 114 Å². The molecule has 1 aromatic carbocycles. The lowest BCUT2D eigenvalue weighted by atomic mass is 10.2. The highest BCUT2D eigenvalue weighted by molar-refractivity contribution is 6.35. The lowest BCUT2D eigenvalue weighted by Gasteiger charge is -2.07. The summed E-state index contributed by atoms with van der Waals surface area (Å²) in [5, 5.41) is 3.61. The predicted molar refractivity (Wildman–Crippen MR) is 71.2 cm³/mol. The van der Waals surface area contributed by atoms with Crippen LogP contribution in [0.25, 0.3) is 0 Å². The number of nitrogens with zero attached hydrogens (tertiary/aromatic N) is 2. The molecule has 18 heavy (non-hydrogen) atoms. The predicted octanol–water partition coefficient (Wildman–Crippen LogP) is 3.34. The molecule has 0 unspecified atom stereocenters. The Kier molecular flexibility index (Phi) is 3.79. The second-order valence-corrected chi connectivity index (χ2v) is 4.51. The minimum absolute atomic E-state index is 0.300. The third-order valence-electron chi connectivity index (χ3n) is 2.28. The van der Waals surface area contributed by atoms with Crippen LogP contribution in [-0.4, -0.2) is 15.9 Å². The van der Waals surface area contributed by atoms with Crippen LogP contribution in [0.1, 0.15) is 16.1 Å². The van der Waals surface area contributed by atoms with Crippen molar-refractivity contribution in [1.29, 1.82) is 0 Å². The molecule has 1 amide bonds. The zero-order chi connectivity index (χ0) is 13.1. The second-order valence-electron chi connectivity index (χ2n) is 3.63. The van der Waals surface area contributed by atoms with Crippen molar-refractivity contribution >= 4 is 34.8 Å². The van der Waals surface area contributed by atoms with Gasteiger partial charge in [0.2, 0.25) is 0 Å². The first-order valence-corrected chi connectivity index (χ1v) is 5.86. The van der Waals surface area contributed by atoms with Crippen molar-refractivity contribution in [1.82, 2.24) is 9.97 Å². The summed E-state index contributed by atoms with van der Waals surface area (Å²) in [4.78, 5) is 19.8. The maximum Gasteiger partial charge on any atom is 0.259 e. The highest BCUT2D eigenvalue weighted by Gasteiger charge is 2.10. The van der Waals surface area contributed by atoms with Crippen LogP contribution >= 0.6 is 23.2 Å². The number of hydrogen-bond donors (Lipinski definition) is 1. The normalized spacial score (nSPS) is 10.2. The van der Waals surface area contributed by atoms with Crippen LogP contribution < -0.4 is 5.32 Å². The minimum Gasteiger partial charge on any atom is -0.322 e. The van der Waals surface area contributed by atoms with E-state index in [-0.39, 0.29) is 5.91 Å². The highest BCUT2D eigenvalue weighted by Crippen LogP contribution is 2.22. The molecule has 2 rings (SSSR count). The third-order valence-corrected chi connectivity index (χ3v) is 2.71. The van der Waals surface area contributed by atoms with Gasteiger partial charge in [0.25, 0.3) is 5.91 Å². The van der Waals surface area contributed by atoms with Crippen molar-refractivity contribution in [3.63, 3.8) is 0 Å². The Morgan fingerprint density at radius 2 is 1.89 bits per heavy atom. The molecular formula is C12H9Cl2N3O. The number of benzene rings is 1. The van der Waals surface area contributed by atoms with Crippen molar-refractivity contribution in [2.45, 2.75) is 6.92 Å². The summed E-state index contributed by atoms with van der Waals surface area (Å²) < 4.78 is 0. The molecule has 0 spiro atoms. The number of aryl methyl sites for hydroxylation is 1. The van der Waals surface area contributed by atoms with E-state index < -0.39 is 0 Å². The molecule has 0 aliphatic rings. The summed E-state index contributed by atoms with van der Waals surface area (Å²) in [7, 11) is 0. The molecule has 0 aliphatic heterocycles. The monoisotopic (exact) mass is 281 g/mol. The molecule has 0 fully saturated rings. The number of rotatable bonds is 2. The Morgan fingerprint density at radius 3 is 2.50 bits per heavy atom. The first-order valence-electron chi connectivity index (χ1n) is 5.10. The van der Waals surface area contributed by atoms with Gasteiger partial charge in [0.1, 0.15) is 6.33 Å². The number of carbonyl (C=O) groups is 1. The van der Waals surface area contributed by atoms with Gasteiger partial charge in [-0.3, -0.25) is 4.79 Å². The molecule has 0 aliphatic carbocycles. The lowest BCUT2D eigenvalue weighted by molar-refractivity contribution is 0.102. The quantitative estimate of drug-likeness (QED) is 0.919.